The molecule has 1 rings (SSSR count). The summed E-state index contributed by atoms with van der Waals surface area (Å²) in [5.74, 6) is 0. The molecule has 0 saturated carbocycles. The van der Waals surface area contributed by atoms with Crippen LogP contribution >= 0.6 is 0 Å². The van der Waals surface area contributed by atoms with Crippen LogP contribution in [0.25, 0.3) is 0 Å². The third kappa shape index (κ3) is 4.33. The zero-order valence-electron chi connectivity index (χ0n) is 9.06. The normalized spacial score (nSPS) is 15.6. The van der Waals surface area contributed by atoms with Crippen LogP contribution in [0.15, 0.2) is 30.3 Å². The summed E-state index contributed by atoms with van der Waals surface area (Å²) in [4.78, 5) is 0. The number of benzene rings is 1. The van der Waals surface area contributed by atoms with Gasteiger partial charge in [-0.1, -0.05) is 30.3 Å². The first-order chi connectivity index (χ1) is 7.95. The molecule has 0 spiro atoms. The van der Waals surface area contributed by atoms with Gasteiger partial charge >= 0.3 is 6.18 Å². The second kappa shape index (κ2) is 6.00. The molecule has 0 radical (unpaired) electrons. The van der Waals surface area contributed by atoms with Gasteiger partial charge in [0.05, 0.1) is 6.61 Å². The number of rotatable bonds is 5. The van der Waals surface area contributed by atoms with Gasteiger partial charge in [0, 0.05) is 5.56 Å². The van der Waals surface area contributed by atoms with Crippen molar-refractivity contribution in [3.05, 3.63) is 35.9 Å². The van der Waals surface area contributed by atoms with Gasteiger partial charge in [-0.3, -0.25) is 0 Å². The number of aliphatic hydroxyl groups is 2. The Morgan fingerprint density at radius 2 is 1.76 bits per heavy atom. The predicted molar refractivity (Wildman–Crippen MR) is 55.1 cm³/mol. The summed E-state index contributed by atoms with van der Waals surface area (Å²) in [6, 6.07) is 8.21. The van der Waals surface area contributed by atoms with Gasteiger partial charge in [-0.05, 0) is 0 Å². The highest BCUT2D eigenvalue weighted by atomic mass is 19.4. The maximum Gasteiger partial charge on any atom is 0.419 e. The zero-order valence-corrected chi connectivity index (χ0v) is 9.06. The molecule has 0 saturated heterocycles. The monoisotopic (exact) mass is 250 g/mol. The average Bonchev–Trinajstić information content (AvgIpc) is 2.29. The van der Waals surface area contributed by atoms with E-state index in [-0.39, 0.29) is 6.61 Å². The van der Waals surface area contributed by atoms with Gasteiger partial charge < -0.3 is 15.5 Å². The highest BCUT2D eigenvalue weighted by molar-refractivity contribution is 5.16. The lowest BCUT2D eigenvalue weighted by molar-refractivity contribution is -0.706. The number of alkyl halides is 3. The summed E-state index contributed by atoms with van der Waals surface area (Å²) < 4.78 is 36.2. The Morgan fingerprint density at radius 1 is 1.18 bits per heavy atom. The lowest BCUT2D eigenvalue weighted by Crippen LogP contribution is -2.88. The SMILES string of the molecule is OC[C@H]([NH2+]C[C@@H](O)C(F)(F)F)c1ccccc1. The van der Waals surface area contributed by atoms with Gasteiger partial charge in [0.25, 0.3) is 0 Å². The number of hydrogen-bond donors (Lipinski definition) is 3. The maximum atomic E-state index is 12.1. The molecule has 0 aliphatic heterocycles. The Bertz CT molecular complexity index is 329. The Morgan fingerprint density at radius 3 is 2.24 bits per heavy atom. The predicted octanol–water partition coefficient (Wildman–Crippen LogP) is 0.207. The van der Waals surface area contributed by atoms with Gasteiger partial charge in [-0.2, -0.15) is 13.2 Å². The van der Waals surface area contributed by atoms with Crippen molar-refractivity contribution in [2.75, 3.05) is 13.2 Å². The Kier molecular flexibility index (Phi) is 4.92. The van der Waals surface area contributed by atoms with Crippen LogP contribution in [0.4, 0.5) is 13.2 Å². The molecule has 17 heavy (non-hydrogen) atoms. The fraction of sp³-hybridized carbons (Fsp3) is 0.455. The van der Waals surface area contributed by atoms with E-state index in [0.29, 0.717) is 0 Å². The standard InChI is InChI=1S/C11H14F3NO2/c12-11(13,14)10(17)6-15-9(7-16)8-4-2-1-3-5-8/h1-5,9-10,15-17H,6-7H2/p+1/t9-,10+/m0/s1. The molecule has 2 atom stereocenters. The van der Waals surface area contributed by atoms with Crippen molar-refractivity contribution < 1.29 is 28.7 Å². The summed E-state index contributed by atoms with van der Waals surface area (Å²) in [5.41, 5.74) is 0.726. The molecular weight excluding hydrogens is 235 g/mol. The molecule has 96 valence electrons. The topological polar surface area (TPSA) is 57.1 Å². The molecule has 4 N–H and O–H groups in total. The quantitative estimate of drug-likeness (QED) is 0.699. The Labute approximate surface area is 96.9 Å². The van der Waals surface area contributed by atoms with Crippen LogP contribution in [0, 0.1) is 0 Å². The van der Waals surface area contributed by atoms with Gasteiger partial charge in [-0.25, -0.2) is 0 Å². The minimum absolute atomic E-state index is 0.283. The van der Waals surface area contributed by atoms with E-state index in [2.05, 4.69) is 0 Å². The van der Waals surface area contributed by atoms with E-state index >= 15 is 0 Å². The number of hydrogen-bond acceptors (Lipinski definition) is 2. The van der Waals surface area contributed by atoms with Crippen LogP contribution in [-0.4, -0.2) is 35.6 Å². The third-order valence-corrected chi connectivity index (χ3v) is 2.45. The van der Waals surface area contributed by atoms with Crippen LogP contribution in [0.2, 0.25) is 0 Å². The average molecular weight is 250 g/mol. The van der Waals surface area contributed by atoms with Crippen LogP contribution in [-0.2, 0) is 0 Å². The van der Waals surface area contributed by atoms with Crippen molar-refractivity contribution in [1.29, 1.82) is 0 Å². The number of quaternary nitrogens is 1. The van der Waals surface area contributed by atoms with Crippen LogP contribution in [0.1, 0.15) is 11.6 Å². The Hall–Kier alpha value is -1.11. The van der Waals surface area contributed by atoms with E-state index in [1.54, 1.807) is 30.3 Å². The second-order valence-corrected chi connectivity index (χ2v) is 3.73. The van der Waals surface area contributed by atoms with E-state index in [4.69, 9.17) is 10.2 Å². The maximum absolute atomic E-state index is 12.1. The van der Waals surface area contributed by atoms with E-state index < -0.39 is 24.9 Å². The molecule has 0 bridgehead atoms. The molecule has 0 aromatic heterocycles. The molecule has 0 aliphatic carbocycles. The van der Waals surface area contributed by atoms with E-state index in [9.17, 15) is 13.2 Å². The van der Waals surface area contributed by atoms with Crippen molar-refractivity contribution in [2.45, 2.75) is 18.3 Å². The minimum atomic E-state index is -4.62. The molecule has 3 nitrogen and oxygen atoms in total. The third-order valence-electron chi connectivity index (χ3n) is 2.45. The van der Waals surface area contributed by atoms with Gasteiger partial charge in [0.15, 0.2) is 6.10 Å². The summed E-state index contributed by atoms with van der Waals surface area (Å²) in [5, 5.41) is 19.2. The lowest BCUT2D eigenvalue weighted by Gasteiger charge is -2.17. The highest BCUT2D eigenvalue weighted by Crippen LogP contribution is 2.18. The van der Waals surface area contributed by atoms with E-state index in [0.717, 1.165) is 5.56 Å². The summed E-state index contributed by atoms with van der Waals surface area (Å²) in [6.07, 6.45) is -6.99. The molecule has 0 fully saturated rings. The lowest BCUT2D eigenvalue weighted by atomic mass is 10.1. The highest BCUT2D eigenvalue weighted by Gasteiger charge is 2.39. The van der Waals surface area contributed by atoms with Crippen molar-refractivity contribution in [3.8, 4) is 0 Å². The molecule has 6 heteroatoms. The molecular formula is C11H15F3NO2+. The first kappa shape index (κ1) is 14.0. The van der Waals surface area contributed by atoms with Crippen LogP contribution in [0.5, 0.6) is 0 Å². The van der Waals surface area contributed by atoms with Gasteiger partial charge in [0.1, 0.15) is 12.6 Å². The van der Waals surface area contributed by atoms with Crippen molar-refractivity contribution in [3.63, 3.8) is 0 Å². The zero-order chi connectivity index (χ0) is 12.9. The molecule has 0 amide bonds. The number of nitrogens with two attached hydrogens (primary N) is 1. The molecule has 0 heterocycles. The fourth-order valence-corrected chi connectivity index (χ4v) is 1.44. The molecule has 0 aliphatic rings. The smallest absolute Gasteiger partial charge is 0.390 e. The minimum Gasteiger partial charge on any atom is -0.390 e. The molecule has 0 unspecified atom stereocenters. The summed E-state index contributed by atoms with van der Waals surface area (Å²) >= 11 is 0. The first-order valence-corrected chi connectivity index (χ1v) is 5.19. The van der Waals surface area contributed by atoms with Crippen LogP contribution < -0.4 is 5.32 Å². The Balaban J connectivity index is 2.55. The largest absolute Gasteiger partial charge is 0.419 e. The van der Waals surface area contributed by atoms with Crippen molar-refractivity contribution >= 4 is 0 Å². The summed E-state index contributed by atoms with van der Waals surface area (Å²) in [6.45, 7) is -0.807. The number of halogens is 3. The molecule has 1 aromatic rings. The van der Waals surface area contributed by atoms with Gasteiger partial charge in [-0.15, -0.1) is 0 Å². The van der Waals surface area contributed by atoms with E-state index in [1.165, 1.54) is 5.32 Å². The van der Waals surface area contributed by atoms with Gasteiger partial charge in [0.2, 0.25) is 0 Å². The van der Waals surface area contributed by atoms with Crippen molar-refractivity contribution in [1.82, 2.24) is 0 Å². The first-order valence-electron chi connectivity index (χ1n) is 5.19. The summed E-state index contributed by atoms with van der Waals surface area (Å²) in [7, 11) is 0. The second-order valence-electron chi connectivity index (χ2n) is 3.73. The fourth-order valence-electron chi connectivity index (χ4n) is 1.44. The van der Waals surface area contributed by atoms with Crippen molar-refractivity contribution in [2.24, 2.45) is 0 Å². The number of aliphatic hydroxyl groups excluding tert-OH is 2. The molecule has 1 aromatic carbocycles. The van der Waals surface area contributed by atoms with E-state index in [1.807, 2.05) is 0 Å². The van der Waals surface area contributed by atoms with Crippen LogP contribution in [0.3, 0.4) is 0 Å².